The van der Waals surface area contributed by atoms with Gasteiger partial charge in [0.25, 0.3) is 0 Å². The second-order valence-electron chi connectivity index (χ2n) is 6.67. The van der Waals surface area contributed by atoms with E-state index in [9.17, 15) is 9.59 Å². The van der Waals surface area contributed by atoms with Crippen molar-refractivity contribution >= 4 is 11.7 Å². The van der Waals surface area contributed by atoms with E-state index in [0.29, 0.717) is 29.3 Å². The summed E-state index contributed by atoms with van der Waals surface area (Å²) in [7, 11) is 1.55. The molecule has 23 heavy (non-hydrogen) atoms. The molecule has 1 aromatic carbocycles. The van der Waals surface area contributed by atoms with Gasteiger partial charge in [-0.05, 0) is 44.4 Å². The molecule has 0 aliphatic carbocycles. The van der Waals surface area contributed by atoms with E-state index < -0.39 is 5.54 Å². The molecule has 1 amide bonds. The van der Waals surface area contributed by atoms with Crippen LogP contribution in [0.3, 0.4) is 0 Å². The molecule has 0 spiro atoms. The number of nitrogens with one attached hydrogen (secondary N) is 1. The Bertz CT molecular complexity index is 569. The highest BCUT2D eigenvalue weighted by molar-refractivity contribution is 5.94. The van der Waals surface area contributed by atoms with Crippen molar-refractivity contribution in [2.75, 3.05) is 13.7 Å². The number of nitrogens with two attached hydrogens (primary N) is 1. The molecule has 1 atom stereocenters. The number of ketones is 1. The SMILES string of the molecule is COc1ccc(C(C)=O)cc1CC(=O)NC(C)(CN)CC(C)C. The number of rotatable bonds is 8. The first kappa shape index (κ1) is 19.2. The molecule has 5 heteroatoms. The van der Waals surface area contributed by atoms with E-state index in [1.807, 2.05) is 6.92 Å². The maximum Gasteiger partial charge on any atom is 0.225 e. The molecule has 0 bridgehead atoms. The zero-order chi connectivity index (χ0) is 17.6. The molecule has 0 aliphatic rings. The zero-order valence-electron chi connectivity index (χ0n) is 14.7. The predicted molar refractivity (Wildman–Crippen MR) is 91.8 cm³/mol. The van der Waals surface area contributed by atoms with Crippen LogP contribution in [0.15, 0.2) is 18.2 Å². The van der Waals surface area contributed by atoms with Gasteiger partial charge in [-0.1, -0.05) is 13.8 Å². The summed E-state index contributed by atoms with van der Waals surface area (Å²) in [6.07, 6.45) is 0.956. The van der Waals surface area contributed by atoms with Crippen LogP contribution in [0.5, 0.6) is 5.75 Å². The molecule has 128 valence electrons. The number of hydrogen-bond donors (Lipinski definition) is 2. The molecule has 5 nitrogen and oxygen atoms in total. The Labute approximate surface area is 138 Å². The highest BCUT2D eigenvalue weighted by Gasteiger charge is 2.26. The summed E-state index contributed by atoms with van der Waals surface area (Å²) in [6.45, 7) is 8.02. The molecule has 0 heterocycles. The Morgan fingerprint density at radius 3 is 2.48 bits per heavy atom. The van der Waals surface area contributed by atoms with Crippen molar-refractivity contribution in [1.29, 1.82) is 0 Å². The van der Waals surface area contributed by atoms with E-state index >= 15 is 0 Å². The molecule has 3 N–H and O–H groups in total. The van der Waals surface area contributed by atoms with Crippen molar-refractivity contribution in [3.05, 3.63) is 29.3 Å². The number of ether oxygens (including phenoxy) is 1. The third-order valence-corrected chi connectivity index (χ3v) is 3.79. The van der Waals surface area contributed by atoms with E-state index in [0.717, 1.165) is 6.42 Å². The smallest absolute Gasteiger partial charge is 0.225 e. The van der Waals surface area contributed by atoms with Crippen LogP contribution in [-0.2, 0) is 11.2 Å². The molecule has 0 saturated carbocycles. The predicted octanol–water partition coefficient (Wildman–Crippen LogP) is 2.32. The Balaban J connectivity index is 2.91. The average molecular weight is 320 g/mol. The lowest BCUT2D eigenvalue weighted by molar-refractivity contribution is -0.122. The number of amides is 1. The summed E-state index contributed by atoms with van der Waals surface area (Å²) in [6, 6.07) is 5.13. The lowest BCUT2D eigenvalue weighted by atomic mass is 9.90. The number of hydrogen-bond acceptors (Lipinski definition) is 4. The van der Waals surface area contributed by atoms with Gasteiger partial charge in [-0.25, -0.2) is 0 Å². The number of methoxy groups -OCH3 is 1. The maximum atomic E-state index is 12.4. The monoisotopic (exact) mass is 320 g/mol. The van der Waals surface area contributed by atoms with Crippen LogP contribution in [0.1, 0.15) is 50.0 Å². The number of Topliss-reactive ketones (excluding diaryl/α,β-unsaturated/α-hetero) is 1. The summed E-state index contributed by atoms with van der Waals surface area (Å²) in [5.74, 6) is 0.862. The van der Waals surface area contributed by atoms with Crippen molar-refractivity contribution in [3.63, 3.8) is 0 Å². The lowest BCUT2D eigenvalue weighted by Gasteiger charge is -2.31. The highest BCUT2D eigenvalue weighted by Crippen LogP contribution is 2.22. The van der Waals surface area contributed by atoms with Crippen LogP contribution in [0.25, 0.3) is 0 Å². The van der Waals surface area contributed by atoms with Gasteiger partial charge in [-0.15, -0.1) is 0 Å². The van der Waals surface area contributed by atoms with Crippen molar-refractivity contribution < 1.29 is 14.3 Å². The number of carbonyl (C=O) groups excluding carboxylic acids is 2. The molecule has 1 aromatic rings. The number of benzene rings is 1. The summed E-state index contributed by atoms with van der Waals surface area (Å²) < 4.78 is 5.29. The van der Waals surface area contributed by atoms with Gasteiger partial charge in [0.1, 0.15) is 5.75 Å². The van der Waals surface area contributed by atoms with Gasteiger partial charge in [0.15, 0.2) is 5.78 Å². The Hall–Kier alpha value is -1.88. The molecule has 1 rings (SSSR count). The topological polar surface area (TPSA) is 81.4 Å². The van der Waals surface area contributed by atoms with Gasteiger partial charge in [0.05, 0.1) is 13.5 Å². The van der Waals surface area contributed by atoms with E-state index in [-0.39, 0.29) is 18.1 Å². The Kier molecular flexibility index (Phi) is 6.76. The molecule has 0 radical (unpaired) electrons. The summed E-state index contributed by atoms with van der Waals surface area (Å²) in [4.78, 5) is 23.9. The molecule has 0 saturated heterocycles. The van der Waals surface area contributed by atoms with Gasteiger partial charge in [0.2, 0.25) is 5.91 Å². The fraction of sp³-hybridized carbons (Fsp3) is 0.556. The minimum absolute atomic E-state index is 0.0408. The third-order valence-electron chi connectivity index (χ3n) is 3.79. The first-order valence-electron chi connectivity index (χ1n) is 7.89. The largest absolute Gasteiger partial charge is 0.496 e. The fourth-order valence-electron chi connectivity index (χ4n) is 2.78. The van der Waals surface area contributed by atoms with Crippen LogP contribution in [0.2, 0.25) is 0 Å². The lowest BCUT2D eigenvalue weighted by Crippen LogP contribution is -2.52. The second kappa shape index (κ2) is 8.11. The molecule has 0 aliphatic heterocycles. The van der Waals surface area contributed by atoms with Crippen LogP contribution >= 0.6 is 0 Å². The summed E-state index contributed by atoms with van der Waals surface area (Å²) >= 11 is 0. The molecular weight excluding hydrogens is 292 g/mol. The summed E-state index contributed by atoms with van der Waals surface area (Å²) in [5, 5.41) is 3.02. The van der Waals surface area contributed by atoms with E-state index in [1.54, 1.807) is 25.3 Å². The van der Waals surface area contributed by atoms with E-state index in [1.165, 1.54) is 6.92 Å². The first-order valence-corrected chi connectivity index (χ1v) is 7.89. The molecular formula is C18H28N2O3. The average Bonchev–Trinajstić information content (AvgIpc) is 2.45. The minimum Gasteiger partial charge on any atom is -0.496 e. The number of carbonyl (C=O) groups is 2. The van der Waals surface area contributed by atoms with Crippen molar-refractivity contribution in [2.24, 2.45) is 11.7 Å². The van der Waals surface area contributed by atoms with Crippen LogP contribution < -0.4 is 15.8 Å². The standard InChI is InChI=1S/C18H28N2O3/c1-12(2)10-18(4,11-19)20-17(22)9-15-8-14(13(3)21)6-7-16(15)23-5/h6-8,12H,9-11,19H2,1-5H3,(H,20,22). The minimum atomic E-state index is -0.434. The third kappa shape index (κ3) is 5.67. The van der Waals surface area contributed by atoms with Gasteiger partial charge in [0, 0.05) is 23.2 Å². The quantitative estimate of drug-likeness (QED) is 0.720. The van der Waals surface area contributed by atoms with E-state index in [4.69, 9.17) is 10.5 Å². The van der Waals surface area contributed by atoms with Crippen LogP contribution in [0.4, 0.5) is 0 Å². The Morgan fingerprint density at radius 1 is 1.35 bits per heavy atom. The molecule has 0 aromatic heterocycles. The van der Waals surface area contributed by atoms with Crippen molar-refractivity contribution in [1.82, 2.24) is 5.32 Å². The summed E-state index contributed by atoms with van der Waals surface area (Å²) in [5.41, 5.74) is 6.66. The highest BCUT2D eigenvalue weighted by atomic mass is 16.5. The Morgan fingerprint density at radius 2 is 2.00 bits per heavy atom. The normalized spacial score (nSPS) is 13.5. The van der Waals surface area contributed by atoms with Crippen molar-refractivity contribution in [3.8, 4) is 5.75 Å². The maximum absolute atomic E-state index is 12.4. The van der Waals surface area contributed by atoms with Gasteiger partial charge in [-0.3, -0.25) is 9.59 Å². The first-order chi connectivity index (χ1) is 10.7. The van der Waals surface area contributed by atoms with Gasteiger partial charge < -0.3 is 15.8 Å². The van der Waals surface area contributed by atoms with Gasteiger partial charge in [-0.2, -0.15) is 0 Å². The molecule has 1 unspecified atom stereocenters. The van der Waals surface area contributed by atoms with Crippen LogP contribution in [0, 0.1) is 5.92 Å². The molecule has 0 fully saturated rings. The second-order valence-corrected chi connectivity index (χ2v) is 6.67. The zero-order valence-corrected chi connectivity index (χ0v) is 14.7. The van der Waals surface area contributed by atoms with Gasteiger partial charge >= 0.3 is 0 Å². The van der Waals surface area contributed by atoms with Crippen LogP contribution in [-0.4, -0.2) is 30.9 Å². The fourth-order valence-corrected chi connectivity index (χ4v) is 2.78. The van der Waals surface area contributed by atoms with E-state index in [2.05, 4.69) is 19.2 Å². The van der Waals surface area contributed by atoms with Crippen molar-refractivity contribution in [2.45, 2.75) is 46.1 Å².